The lowest BCUT2D eigenvalue weighted by molar-refractivity contribution is 0.873. The fourth-order valence-electron chi connectivity index (χ4n) is 1.42. The summed E-state index contributed by atoms with van der Waals surface area (Å²) in [5, 5.41) is 11.4. The molecule has 2 heterocycles. The van der Waals surface area contributed by atoms with Crippen molar-refractivity contribution in [3.63, 3.8) is 0 Å². The Balaban J connectivity index is 2.43. The van der Waals surface area contributed by atoms with E-state index in [4.69, 9.17) is 0 Å². The molecule has 0 fully saturated rings. The maximum Gasteiger partial charge on any atom is 0.147 e. The molecule has 0 aliphatic rings. The van der Waals surface area contributed by atoms with Crippen LogP contribution < -0.4 is 0 Å². The van der Waals surface area contributed by atoms with Crippen molar-refractivity contribution in [1.29, 1.82) is 0 Å². The first-order valence-corrected chi connectivity index (χ1v) is 7.37. The number of nitrogens with one attached hydrogen (secondary N) is 1. The molecule has 6 heteroatoms. The molecule has 92 valence electrons. The molecule has 2 aromatic rings. The maximum atomic E-state index is 4.35. The Labute approximate surface area is 109 Å². The predicted octanol–water partition coefficient (Wildman–Crippen LogP) is 3.35. The van der Waals surface area contributed by atoms with Crippen molar-refractivity contribution in [2.75, 3.05) is 0 Å². The molecule has 0 radical (unpaired) electrons. The number of H-pyrrole nitrogens is 1. The highest BCUT2D eigenvalue weighted by atomic mass is 32.2. The van der Waals surface area contributed by atoms with Crippen LogP contribution in [0.1, 0.15) is 27.7 Å². The number of hydrogen-bond donors (Lipinski definition) is 1. The fraction of sp³-hybridized carbons (Fsp3) is 0.545. The van der Waals surface area contributed by atoms with E-state index in [1.54, 1.807) is 29.9 Å². The number of aromatic amines is 1. The van der Waals surface area contributed by atoms with Crippen molar-refractivity contribution in [2.45, 2.75) is 48.2 Å². The number of rotatable bonds is 4. The second kappa shape index (κ2) is 5.27. The Kier molecular flexibility index (Phi) is 3.93. The quantitative estimate of drug-likeness (QED) is 0.862. The number of fused-ring (bicyclic) bond motifs is 1. The smallest absolute Gasteiger partial charge is 0.147 e. The zero-order valence-electron chi connectivity index (χ0n) is 10.4. The Morgan fingerprint density at radius 2 is 1.59 bits per heavy atom. The van der Waals surface area contributed by atoms with E-state index in [-0.39, 0.29) is 0 Å². The minimum absolute atomic E-state index is 0.479. The third kappa shape index (κ3) is 2.93. The second-order valence-corrected chi connectivity index (χ2v) is 7.40. The van der Waals surface area contributed by atoms with Crippen molar-refractivity contribution in [2.24, 2.45) is 0 Å². The minimum atomic E-state index is 0.479. The van der Waals surface area contributed by atoms with Crippen molar-refractivity contribution in [3.05, 3.63) is 6.33 Å². The summed E-state index contributed by atoms with van der Waals surface area (Å²) in [6, 6.07) is 0. The Bertz CT molecular complexity index is 463. The highest BCUT2D eigenvalue weighted by molar-refractivity contribution is 8.00. The third-order valence-corrected chi connectivity index (χ3v) is 3.93. The Morgan fingerprint density at radius 3 is 2.24 bits per heavy atom. The summed E-state index contributed by atoms with van der Waals surface area (Å²) in [6.45, 7) is 8.57. The molecular formula is C11H16N4S2. The maximum absolute atomic E-state index is 4.35. The lowest BCUT2D eigenvalue weighted by Crippen LogP contribution is -1.97. The van der Waals surface area contributed by atoms with Gasteiger partial charge in [0.1, 0.15) is 21.1 Å². The average Bonchev–Trinajstić information content (AvgIpc) is 2.69. The Hall–Kier alpha value is -0.750. The molecule has 0 aromatic carbocycles. The normalized spacial score (nSPS) is 11.9. The summed E-state index contributed by atoms with van der Waals surface area (Å²) in [4.78, 5) is 7.51. The largest absolute Gasteiger partial charge is 0.342 e. The van der Waals surface area contributed by atoms with Crippen LogP contribution in [0.3, 0.4) is 0 Å². The van der Waals surface area contributed by atoms with Crippen LogP contribution in [0, 0.1) is 0 Å². The van der Waals surface area contributed by atoms with E-state index in [9.17, 15) is 0 Å². The van der Waals surface area contributed by atoms with E-state index in [0.29, 0.717) is 10.5 Å². The van der Waals surface area contributed by atoms with Crippen molar-refractivity contribution < 1.29 is 0 Å². The molecule has 17 heavy (non-hydrogen) atoms. The van der Waals surface area contributed by atoms with E-state index in [0.717, 1.165) is 21.1 Å². The van der Waals surface area contributed by atoms with Crippen molar-refractivity contribution in [1.82, 2.24) is 20.2 Å². The second-order valence-electron chi connectivity index (χ2n) is 4.27. The molecule has 0 saturated heterocycles. The molecule has 0 bridgehead atoms. The van der Waals surface area contributed by atoms with Gasteiger partial charge in [0.2, 0.25) is 0 Å². The van der Waals surface area contributed by atoms with Crippen LogP contribution >= 0.6 is 23.5 Å². The van der Waals surface area contributed by atoms with Crippen LogP contribution in [0.15, 0.2) is 16.4 Å². The van der Waals surface area contributed by atoms with Gasteiger partial charge in [-0.2, -0.15) is 0 Å². The van der Waals surface area contributed by atoms with Crippen LogP contribution in [-0.2, 0) is 0 Å². The SMILES string of the molecule is CC(C)Sc1nnc(SC(C)C)c2[nH]cnc12. The van der Waals surface area contributed by atoms with E-state index in [2.05, 4.69) is 47.9 Å². The van der Waals surface area contributed by atoms with Gasteiger partial charge in [-0.05, 0) is 0 Å². The summed E-state index contributed by atoms with van der Waals surface area (Å²) in [7, 11) is 0. The van der Waals surface area contributed by atoms with E-state index in [1.807, 2.05) is 0 Å². The van der Waals surface area contributed by atoms with Crippen LogP contribution in [0.4, 0.5) is 0 Å². The number of hydrogen-bond acceptors (Lipinski definition) is 5. The number of nitrogens with zero attached hydrogens (tertiary/aromatic N) is 3. The molecule has 4 nitrogen and oxygen atoms in total. The first-order chi connectivity index (χ1) is 8.08. The van der Waals surface area contributed by atoms with Crippen LogP contribution in [0.25, 0.3) is 11.0 Å². The van der Waals surface area contributed by atoms with Gasteiger partial charge in [-0.15, -0.1) is 10.2 Å². The van der Waals surface area contributed by atoms with Crippen molar-refractivity contribution >= 4 is 34.6 Å². The van der Waals surface area contributed by atoms with Gasteiger partial charge in [0, 0.05) is 10.5 Å². The Morgan fingerprint density at radius 1 is 1.00 bits per heavy atom. The third-order valence-electron chi connectivity index (χ3n) is 1.98. The first kappa shape index (κ1) is 12.7. The van der Waals surface area contributed by atoms with Crippen LogP contribution in [0.2, 0.25) is 0 Å². The molecule has 0 amide bonds. The van der Waals surface area contributed by atoms with E-state index >= 15 is 0 Å². The first-order valence-electron chi connectivity index (χ1n) is 5.61. The number of thioether (sulfide) groups is 2. The molecule has 1 N–H and O–H groups in total. The average molecular weight is 268 g/mol. The standard InChI is InChI=1S/C11H16N4S2/c1-6(2)16-10-8-9(13-5-12-8)11(15-14-10)17-7(3)4/h5-7H,1-4H3,(H,12,13). The molecule has 2 aromatic heterocycles. The summed E-state index contributed by atoms with van der Waals surface area (Å²) in [5.74, 6) is 0. The molecule has 0 aliphatic heterocycles. The van der Waals surface area contributed by atoms with Gasteiger partial charge >= 0.3 is 0 Å². The monoisotopic (exact) mass is 268 g/mol. The van der Waals surface area contributed by atoms with E-state index < -0.39 is 0 Å². The summed E-state index contributed by atoms with van der Waals surface area (Å²) in [5.41, 5.74) is 1.93. The van der Waals surface area contributed by atoms with Gasteiger partial charge in [-0.1, -0.05) is 51.2 Å². The highest BCUT2D eigenvalue weighted by Crippen LogP contribution is 2.32. The van der Waals surface area contributed by atoms with Gasteiger partial charge < -0.3 is 4.98 Å². The molecule has 0 spiro atoms. The molecule has 0 atom stereocenters. The van der Waals surface area contributed by atoms with Gasteiger partial charge in [0.05, 0.1) is 6.33 Å². The fourth-order valence-corrected chi connectivity index (χ4v) is 3.02. The minimum Gasteiger partial charge on any atom is -0.342 e. The van der Waals surface area contributed by atoms with Gasteiger partial charge in [0.15, 0.2) is 0 Å². The van der Waals surface area contributed by atoms with Crippen LogP contribution in [0.5, 0.6) is 0 Å². The zero-order valence-corrected chi connectivity index (χ0v) is 12.0. The lowest BCUT2D eigenvalue weighted by atomic mass is 10.5. The summed E-state index contributed by atoms with van der Waals surface area (Å²) >= 11 is 3.40. The van der Waals surface area contributed by atoms with Gasteiger partial charge in [-0.3, -0.25) is 0 Å². The molecular weight excluding hydrogens is 252 g/mol. The van der Waals surface area contributed by atoms with Crippen LogP contribution in [-0.4, -0.2) is 30.7 Å². The van der Waals surface area contributed by atoms with E-state index in [1.165, 1.54) is 0 Å². The van der Waals surface area contributed by atoms with Gasteiger partial charge in [-0.25, -0.2) is 4.98 Å². The molecule has 0 saturated carbocycles. The zero-order chi connectivity index (χ0) is 12.4. The summed E-state index contributed by atoms with van der Waals surface area (Å²) in [6.07, 6.45) is 1.71. The number of aromatic nitrogens is 4. The number of imidazole rings is 1. The summed E-state index contributed by atoms with van der Waals surface area (Å²) < 4.78 is 0. The highest BCUT2D eigenvalue weighted by Gasteiger charge is 2.14. The van der Waals surface area contributed by atoms with Crippen molar-refractivity contribution in [3.8, 4) is 0 Å². The molecule has 0 unspecified atom stereocenters. The topological polar surface area (TPSA) is 54.5 Å². The molecule has 0 aliphatic carbocycles. The predicted molar refractivity (Wildman–Crippen MR) is 73.7 cm³/mol. The molecule has 2 rings (SSSR count). The lowest BCUT2D eigenvalue weighted by Gasteiger charge is -2.07. The van der Waals surface area contributed by atoms with Gasteiger partial charge in [0.25, 0.3) is 0 Å².